The van der Waals surface area contributed by atoms with E-state index in [9.17, 15) is 13.2 Å². The van der Waals surface area contributed by atoms with Gasteiger partial charge in [0, 0.05) is 16.5 Å². The Hall–Kier alpha value is -1.09. The van der Waals surface area contributed by atoms with Crippen molar-refractivity contribution in [3.05, 3.63) is 28.8 Å². The first kappa shape index (κ1) is 11.0. The van der Waals surface area contributed by atoms with Gasteiger partial charge in [0.15, 0.2) is 0 Å². The number of halogens is 4. The van der Waals surface area contributed by atoms with Gasteiger partial charge in [-0.2, -0.15) is 9.65 Å². The molecule has 0 aliphatic rings. The molecule has 2 nitrogen and oxygen atoms in total. The summed E-state index contributed by atoms with van der Waals surface area (Å²) in [6.45, 7) is 0. The van der Waals surface area contributed by atoms with Crippen molar-refractivity contribution in [1.82, 2.24) is 4.98 Å². The first-order valence-electron chi connectivity index (χ1n) is 3.53. The second kappa shape index (κ2) is 4.42. The molecule has 1 aromatic heterocycles. The van der Waals surface area contributed by atoms with Crippen molar-refractivity contribution >= 4 is 15.9 Å². The molecule has 74 valence electrons. The zero-order chi connectivity index (χ0) is 10.7. The molecule has 0 bridgehead atoms. The molecule has 1 heterocycles. The fourth-order valence-corrected chi connectivity index (χ4v) is 1.50. The van der Waals surface area contributed by atoms with Crippen LogP contribution in [0.5, 0.6) is 0 Å². The van der Waals surface area contributed by atoms with Gasteiger partial charge < -0.3 is 0 Å². The van der Waals surface area contributed by atoms with Crippen LogP contribution in [0, 0.1) is 17.3 Å². The first-order valence-corrected chi connectivity index (χ1v) is 4.65. The lowest BCUT2D eigenvalue weighted by atomic mass is 10.1. The van der Waals surface area contributed by atoms with E-state index in [1.54, 1.807) is 0 Å². The molecule has 0 aliphatic carbocycles. The molecule has 1 rings (SSSR count). The van der Waals surface area contributed by atoms with Crippen LogP contribution in [0.15, 0.2) is 6.07 Å². The molecule has 0 atom stereocenters. The highest BCUT2D eigenvalue weighted by Crippen LogP contribution is 2.26. The quantitative estimate of drug-likeness (QED) is 0.609. The predicted molar refractivity (Wildman–Crippen MR) is 46.5 cm³/mol. The van der Waals surface area contributed by atoms with Gasteiger partial charge in [-0.25, -0.2) is 13.8 Å². The van der Waals surface area contributed by atoms with E-state index in [4.69, 9.17) is 5.26 Å². The van der Waals surface area contributed by atoms with Crippen LogP contribution >= 0.6 is 15.9 Å². The molecule has 0 spiro atoms. The van der Waals surface area contributed by atoms with Crippen molar-refractivity contribution in [3.63, 3.8) is 0 Å². The standard InChI is InChI=1S/C8H4BrF3N2/c9-2-6-5(7(10)11)1-4(3-13)14-8(6)12/h1,7H,2H2. The Bertz CT molecular complexity index is 387. The molecule has 0 saturated heterocycles. The molecule has 14 heavy (non-hydrogen) atoms. The number of rotatable bonds is 2. The first-order chi connectivity index (χ1) is 6.60. The molecular weight excluding hydrogens is 261 g/mol. The fraction of sp³-hybridized carbons (Fsp3) is 0.250. The van der Waals surface area contributed by atoms with Crippen LogP contribution in [0.25, 0.3) is 0 Å². The summed E-state index contributed by atoms with van der Waals surface area (Å²) in [6, 6.07) is 2.41. The highest BCUT2D eigenvalue weighted by molar-refractivity contribution is 9.08. The number of hydrogen-bond donors (Lipinski definition) is 0. The largest absolute Gasteiger partial charge is 0.264 e. The van der Waals surface area contributed by atoms with E-state index >= 15 is 0 Å². The van der Waals surface area contributed by atoms with Gasteiger partial charge in [0.2, 0.25) is 5.95 Å². The van der Waals surface area contributed by atoms with Gasteiger partial charge in [-0.3, -0.25) is 0 Å². The SMILES string of the molecule is N#Cc1cc(C(F)F)c(CBr)c(F)n1. The van der Waals surface area contributed by atoms with Gasteiger partial charge >= 0.3 is 0 Å². The molecule has 0 amide bonds. The Morgan fingerprint density at radius 1 is 1.57 bits per heavy atom. The summed E-state index contributed by atoms with van der Waals surface area (Å²) in [5.41, 5.74) is -1.05. The minimum Gasteiger partial charge on any atom is -0.209 e. The second-order valence-electron chi connectivity index (χ2n) is 2.41. The third kappa shape index (κ3) is 2.04. The Kier molecular flexibility index (Phi) is 3.47. The monoisotopic (exact) mass is 264 g/mol. The summed E-state index contributed by atoms with van der Waals surface area (Å²) < 4.78 is 37.8. The van der Waals surface area contributed by atoms with Gasteiger partial charge in [-0.15, -0.1) is 0 Å². The molecule has 0 aromatic carbocycles. The number of pyridine rings is 1. The Morgan fingerprint density at radius 2 is 2.21 bits per heavy atom. The number of nitriles is 1. The van der Waals surface area contributed by atoms with Crippen LogP contribution in [0.1, 0.15) is 23.2 Å². The van der Waals surface area contributed by atoms with Crippen LogP contribution < -0.4 is 0 Å². The molecule has 0 radical (unpaired) electrons. The van der Waals surface area contributed by atoms with Crippen molar-refractivity contribution in [2.75, 3.05) is 0 Å². The second-order valence-corrected chi connectivity index (χ2v) is 2.97. The molecule has 0 unspecified atom stereocenters. The van der Waals surface area contributed by atoms with Gasteiger partial charge in [0.25, 0.3) is 6.43 Å². The van der Waals surface area contributed by atoms with Gasteiger partial charge in [-0.1, -0.05) is 15.9 Å². The fourth-order valence-electron chi connectivity index (χ4n) is 0.943. The summed E-state index contributed by atoms with van der Waals surface area (Å²) >= 11 is 2.88. The van der Waals surface area contributed by atoms with Crippen molar-refractivity contribution in [1.29, 1.82) is 5.26 Å². The van der Waals surface area contributed by atoms with Crippen LogP contribution in [0.4, 0.5) is 13.2 Å². The van der Waals surface area contributed by atoms with E-state index in [-0.39, 0.29) is 16.6 Å². The number of hydrogen-bond acceptors (Lipinski definition) is 2. The summed E-state index contributed by atoms with van der Waals surface area (Å²) in [4.78, 5) is 3.21. The minimum atomic E-state index is -2.81. The zero-order valence-electron chi connectivity index (χ0n) is 6.77. The predicted octanol–water partition coefficient (Wildman–Crippen LogP) is 2.92. The van der Waals surface area contributed by atoms with E-state index in [1.807, 2.05) is 0 Å². The highest BCUT2D eigenvalue weighted by atomic mass is 79.9. The van der Waals surface area contributed by atoms with Gasteiger partial charge in [0.05, 0.1) is 0 Å². The summed E-state index contributed by atoms with van der Waals surface area (Å²) in [5, 5.41) is 8.34. The normalized spacial score (nSPS) is 10.3. The Morgan fingerprint density at radius 3 is 2.64 bits per heavy atom. The smallest absolute Gasteiger partial charge is 0.209 e. The maximum Gasteiger partial charge on any atom is 0.264 e. The van der Waals surface area contributed by atoms with E-state index in [1.165, 1.54) is 6.07 Å². The lowest BCUT2D eigenvalue weighted by Crippen LogP contribution is -2.01. The van der Waals surface area contributed by atoms with Crippen molar-refractivity contribution in [2.45, 2.75) is 11.8 Å². The van der Waals surface area contributed by atoms with Crippen LogP contribution in [0.3, 0.4) is 0 Å². The Balaban J connectivity index is 3.37. The van der Waals surface area contributed by atoms with E-state index in [2.05, 4.69) is 20.9 Å². The summed E-state index contributed by atoms with van der Waals surface area (Å²) in [7, 11) is 0. The van der Waals surface area contributed by atoms with Crippen molar-refractivity contribution in [3.8, 4) is 6.07 Å². The third-order valence-electron chi connectivity index (χ3n) is 1.59. The van der Waals surface area contributed by atoms with E-state index < -0.39 is 17.9 Å². The average molecular weight is 265 g/mol. The highest BCUT2D eigenvalue weighted by Gasteiger charge is 2.18. The van der Waals surface area contributed by atoms with E-state index in [0.717, 1.165) is 6.07 Å². The Labute approximate surface area is 86.5 Å². The summed E-state index contributed by atoms with van der Waals surface area (Å²) in [6.07, 6.45) is -2.81. The maximum atomic E-state index is 13.0. The maximum absolute atomic E-state index is 13.0. The molecule has 6 heteroatoms. The summed E-state index contributed by atoms with van der Waals surface area (Å²) in [5.74, 6) is -1.03. The zero-order valence-corrected chi connectivity index (χ0v) is 8.35. The lowest BCUT2D eigenvalue weighted by Gasteiger charge is -2.06. The van der Waals surface area contributed by atoms with Crippen LogP contribution in [-0.4, -0.2) is 4.98 Å². The van der Waals surface area contributed by atoms with Crippen molar-refractivity contribution < 1.29 is 13.2 Å². The minimum absolute atomic E-state index is 0.0583. The lowest BCUT2D eigenvalue weighted by molar-refractivity contribution is 0.149. The van der Waals surface area contributed by atoms with Gasteiger partial charge in [0.1, 0.15) is 11.8 Å². The average Bonchev–Trinajstić information content (AvgIpc) is 2.16. The van der Waals surface area contributed by atoms with E-state index in [0.29, 0.717) is 0 Å². The third-order valence-corrected chi connectivity index (χ3v) is 2.15. The molecule has 1 aromatic rings. The van der Waals surface area contributed by atoms with Crippen LogP contribution in [-0.2, 0) is 5.33 Å². The number of aromatic nitrogens is 1. The topological polar surface area (TPSA) is 36.7 Å². The van der Waals surface area contributed by atoms with Gasteiger partial charge in [-0.05, 0) is 6.07 Å². The van der Waals surface area contributed by atoms with Crippen molar-refractivity contribution in [2.24, 2.45) is 0 Å². The molecule has 0 fully saturated rings. The van der Waals surface area contributed by atoms with Crippen LogP contribution in [0.2, 0.25) is 0 Å². The molecule has 0 saturated carbocycles. The number of alkyl halides is 3. The molecule has 0 aliphatic heterocycles. The molecule has 0 N–H and O–H groups in total. The number of nitrogens with zero attached hydrogens (tertiary/aromatic N) is 2. The molecular formula is C8H4BrF3N2.